The van der Waals surface area contributed by atoms with E-state index in [1.807, 2.05) is 30.3 Å². The summed E-state index contributed by atoms with van der Waals surface area (Å²) < 4.78 is 21.8. The van der Waals surface area contributed by atoms with Crippen LogP contribution in [0.15, 0.2) is 42.5 Å². The van der Waals surface area contributed by atoms with Gasteiger partial charge in [0.15, 0.2) is 6.79 Å². The van der Waals surface area contributed by atoms with E-state index in [9.17, 15) is 0 Å². The molecule has 0 saturated heterocycles. The molecule has 2 aromatic carbocycles. The molecular formula is C18H20O4. The quantitative estimate of drug-likeness (QED) is 0.598. The summed E-state index contributed by atoms with van der Waals surface area (Å²) in [5, 5.41) is 0. The zero-order chi connectivity index (χ0) is 15.4. The van der Waals surface area contributed by atoms with Crippen LogP contribution < -0.4 is 9.47 Å². The van der Waals surface area contributed by atoms with Crippen LogP contribution in [0.4, 0.5) is 0 Å². The molecule has 4 heteroatoms. The van der Waals surface area contributed by atoms with Crippen molar-refractivity contribution < 1.29 is 18.9 Å². The third-order valence-corrected chi connectivity index (χ3v) is 3.80. The standard InChI is InChI=1S/C18H20O4/c1-13-15-5-3-4-6-17(15)22-18-11-14(7-8-16(13)18)21-12-20-10-9-19-2/h3-8,11,13H,9-10,12H2,1-2H3. The van der Waals surface area contributed by atoms with Gasteiger partial charge in [-0.1, -0.05) is 31.2 Å². The molecule has 2 aromatic rings. The van der Waals surface area contributed by atoms with Gasteiger partial charge in [0.2, 0.25) is 0 Å². The zero-order valence-corrected chi connectivity index (χ0v) is 12.9. The molecule has 0 aliphatic carbocycles. The van der Waals surface area contributed by atoms with Crippen LogP contribution in [-0.4, -0.2) is 27.1 Å². The molecule has 1 aliphatic heterocycles. The predicted molar refractivity (Wildman–Crippen MR) is 83.8 cm³/mol. The number of fused-ring (bicyclic) bond motifs is 2. The number of benzene rings is 2. The summed E-state index contributed by atoms with van der Waals surface area (Å²) >= 11 is 0. The number of methoxy groups -OCH3 is 1. The fourth-order valence-corrected chi connectivity index (χ4v) is 2.58. The molecule has 0 aromatic heterocycles. The Hall–Kier alpha value is -2.04. The maximum Gasteiger partial charge on any atom is 0.189 e. The van der Waals surface area contributed by atoms with Crippen LogP contribution >= 0.6 is 0 Å². The van der Waals surface area contributed by atoms with Crippen LogP contribution in [0, 0.1) is 0 Å². The lowest BCUT2D eigenvalue weighted by Gasteiger charge is -2.26. The van der Waals surface area contributed by atoms with Crippen molar-refractivity contribution in [3.63, 3.8) is 0 Å². The summed E-state index contributed by atoms with van der Waals surface area (Å²) in [7, 11) is 1.64. The van der Waals surface area contributed by atoms with Gasteiger partial charge >= 0.3 is 0 Å². The molecule has 3 rings (SSSR count). The first kappa shape index (κ1) is 14.9. The van der Waals surface area contributed by atoms with Crippen LogP contribution in [0.3, 0.4) is 0 Å². The van der Waals surface area contributed by atoms with Gasteiger partial charge in [0, 0.05) is 30.2 Å². The summed E-state index contributed by atoms with van der Waals surface area (Å²) in [6.45, 7) is 3.47. The second-order valence-corrected chi connectivity index (χ2v) is 5.22. The van der Waals surface area contributed by atoms with Crippen molar-refractivity contribution in [1.29, 1.82) is 0 Å². The molecule has 4 nitrogen and oxygen atoms in total. The first-order chi connectivity index (χ1) is 10.8. The molecule has 1 atom stereocenters. The fourth-order valence-electron chi connectivity index (χ4n) is 2.58. The lowest BCUT2D eigenvalue weighted by Crippen LogP contribution is -2.09. The van der Waals surface area contributed by atoms with Gasteiger partial charge in [-0.3, -0.25) is 0 Å². The van der Waals surface area contributed by atoms with Gasteiger partial charge in [-0.25, -0.2) is 0 Å². The highest BCUT2D eigenvalue weighted by atomic mass is 16.7. The first-order valence-corrected chi connectivity index (χ1v) is 7.40. The van der Waals surface area contributed by atoms with Crippen molar-refractivity contribution in [3.8, 4) is 17.2 Å². The predicted octanol–water partition coefficient (Wildman–Crippen LogP) is 3.94. The Bertz CT molecular complexity index is 639. The van der Waals surface area contributed by atoms with E-state index in [2.05, 4.69) is 19.1 Å². The SMILES string of the molecule is COCCOCOc1ccc2c(c1)Oc1ccccc1C2C. The number of ether oxygens (including phenoxy) is 4. The van der Waals surface area contributed by atoms with E-state index in [1.54, 1.807) is 7.11 Å². The monoisotopic (exact) mass is 300 g/mol. The summed E-state index contributed by atoms with van der Waals surface area (Å²) in [6, 6.07) is 14.1. The van der Waals surface area contributed by atoms with E-state index in [-0.39, 0.29) is 6.79 Å². The third kappa shape index (κ3) is 3.08. The Morgan fingerprint density at radius 3 is 2.68 bits per heavy atom. The molecule has 116 valence electrons. The van der Waals surface area contributed by atoms with Gasteiger partial charge in [0.25, 0.3) is 0 Å². The van der Waals surface area contributed by atoms with Crippen LogP contribution in [0.5, 0.6) is 17.2 Å². The van der Waals surface area contributed by atoms with Crippen LogP contribution in [0.25, 0.3) is 0 Å². The van der Waals surface area contributed by atoms with Crippen molar-refractivity contribution in [2.45, 2.75) is 12.8 Å². The van der Waals surface area contributed by atoms with E-state index >= 15 is 0 Å². The Morgan fingerprint density at radius 2 is 1.82 bits per heavy atom. The fraction of sp³-hybridized carbons (Fsp3) is 0.333. The normalized spacial score (nSPS) is 15.6. The van der Waals surface area contributed by atoms with Gasteiger partial charge in [0.1, 0.15) is 17.2 Å². The van der Waals surface area contributed by atoms with Crippen LogP contribution in [0.2, 0.25) is 0 Å². The van der Waals surface area contributed by atoms with Crippen molar-refractivity contribution in [3.05, 3.63) is 53.6 Å². The molecule has 0 fully saturated rings. The number of hydrogen-bond donors (Lipinski definition) is 0. The first-order valence-electron chi connectivity index (χ1n) is 7.40. The summed E-state index contributed by atoms with van der Waals surface area (Å²) in [6.07, 6.45) is 0. The molecule has 0 bridgehead atoms. The molecule has 1 aliphatic rings. The third-order valence-electron chi connectivity index (χ3n) is 3.80. The van der Waals surface area contributed by atoms with Gasteiger partial charge in [0.05, 0.1) is 13.2 Å². The minimum Gasteiger partial charge on any atom is -0.467 e. The highest BCUT2D eigenvalue weighted by Crippen LogP contribution is 2.44. The second kappa shape index (κ2) is 6.81. The van der Waals surface area contributed by atoms with E-state index in [4.69, 9.17) is 18.9 Å². The Morgan fingerprint density at radius 1 is 1.00 bits per heavy atom. The highest BCUT2D eigenvalue weighted by molar-refractivity contribution is 5.54. The van der Waals surface area contributed by atoms with E-state index in [0.717, 1.165) is 17.2 Å². The van der Waals surface area contributed by atoms with E-state index in [0.29, 0.717) is 19.1 Å². The number of para-hydroxylation sites is 1. The maximum absolute atomic E-state index is 5.99. The molecule has 0 saturated carbocycles. The lowest BCUT2D eigenvalue weighted by molar-refractivity contribution is -0.00854. The summed E-state index contributed by atoms with van der Waals surface area (Å²) in [5.74, 6) is 2.81. The molecule has 0 radical (unpaired) electrons. The lowest BCUT2D eigenvalue weighted by atomic mass is 9.90. The Balaban J connectivity index is 1.70. The van der Waals surface area contributed by atoms with E-state index in [1.165, 1.54) is 11.1 Å². The summed E-state index contributed by atoms with van der Waals surface area (Å²) in [4.78, 5) is 0. The topological polar surface area (TPSA) is 36.9 Å². The maximum atomic E-state index is 5.99. The van der Waals surface area contributed by atoms with E-state index < -0.39 is 0 Å². The van der Waals surface area contributed by atoms with Gasteiger partial charge in [-0.05, 0) is 12.1 Å². The van der Waals surface area contributed by atoms with Crippen LogP contribution in [-0.2, 0) is 9.47 Å². The van der Waals surface area contributed by atoms with Crippen molar-refractivity contribution in [2.24, 2.45) is 0 Å². The van der Waals surface area contributed by atoms with Gasteiger partial charge < -0.3 is 18.9 Å². The average Bonchev–Trinajstić information content (AvgIpc) is 2.55. The van der Waals surface area contributed by atoms with Gasteiger partial charge in [-0.15, -0.1) is 0 Å². The Kier molecular flexibility index (Phi) is 4.61. The molecule has 0 N–H and O–H groups in total. The number of rotatable bonds is 6. The molecule has 0 spiro atoms. The highest BCUT2D eigenvalue weighted by Gasteiger charge is 2.23. The van der Waals surface area contributed by atoms with Crippen molar-refractivity contribution in [2.75, 3.05) is 27.1 Å². The molecular weight excluding hydrogens is 280 g/mol. The Labute approximate surface area is 130 Å². The van der Waals surface area contributed by atoms with Crippen molar-refractivity contribution in [1.82, 2.24) is 0 Å². The second-order valence-electron chi connectivity index (χ2n) is 5.22. The van der Waals surface area contributed by atoms with Gasteiger partial charge in [-0.2, -0.15) is 0 Å². The van der Waals surface area contributed by atoms with Crippen molar-refractivity contribution >= 4 is 0 Å². The molecule has 1 heterocycles. The smallest absolute Gasteiger partial charge is 0.189 e. The molecule has 22 heavy (non-hydrogen) atoms. The van der Waals surface area contributed by atoms with Crippen LogP contribution in [0.1, 0.15) is 24.0 Å². The zero-order valence-electron chi connectivity index (χ0n) is 12.9. The summed E-state index contributed by atoms with van der Waals surface area (Å²) in [5.41, 5.74) is 2.39. The molecule has 0 amide bonds. The molecule has 1 unspecified atom stereocenters. The number of hydrogen-bond acceptors (Lipinski definition) is 4. The average molecular weight is 300 g/mol. The minimum atomic E-state index is 0.203. The largest absolute Gasteiger partial charge is 0.467 e. The minimum absolute atomic E-state index is 0.203.